The first-order chi connectivity index (χ1) is 5.49. The highest BCUT2D eigenvalue weighted by Crippen LogP contribution is 1.96. The third-order valence-electron chi connectivity index (χ3n) is 1.17. The lowest BCUT2D eigenvalue weighted by Crippen LogP contribution is -2.30. The molecule has 0 aliphatic heterocycles. The van der Waals surface area contributed by atoms with Gasteiger partial charge >= 0.3 is 11.9 Å². The average molecular weight is 176 g/mol. The number of esters is 2. The van der Waals surface area contributed by atoms with Crippen molar-refractivity contribution in [2.75, 3.05) is 7.11 Å². The summed E-state index contributed by atoms with van der Waals surface area (Å²) in [7, 11) is 1.19. The Labute approximate surface area is 70.3 Å². The summed E-state index contributed by atoms with van der Waals surface area (Å²) < 4.78 is 8.80. The van der Waals surface area contributed by atoms with Crippen LogP contribution in [0.4, 0.5) is 0 Å². The fourth-order valence-electron chi connectivity index (χ4n) is 0.487. The van der Waals surface area contributed by atoms with E-state index in [9.17, 15) is 9.59 Å². The second-order valence-corrected chi connectivity index (χ2v) is 2.28. The first-order valence-corrected chi connectivity index (χ1v) is 3.45. The van der Waals surface area contributed by atoms with Crippen LogP contribution in [0.1, 0.15) is 13.8 Å². The van der Waals surface area contributed by atoms with E-state index in [4.69, 9.17) is 5.11 Å². The minimum atomic E-state index is -1.22. The van der Waals surface area contributed by atoms with E-state index in [1.54, 1.807) is 0 Å². The maximum Gasteiger partial charge on any atom is 0.346 e. The highest BCUT2D eigenvalue weighted by molar-refractivity contribution is 5.80. The molecule has 0 amide bonds. The van der Waals surface area contributed by atoms with Crippen LogP contribution in [0.2, 0.25) is 0 Å². The lowest BCUT2D eigenvalue weighted by molar-refractivity contribution is -0.169. The summed E-state index contributed by atoms with van der Waals surface area (Å²) in [5, 5.41) is 8.70. The van der Waals surface area contributed by atoms with Crippen molar-refractivity contribution in [2.45, 2.75) is 26.1 Å². The number of hydrogen-bond acceptors (Lipinski definition) is 5. The maximum atomic E-state index is 10.7. The Balaban J connectivity index is 3.92. The molecule has 0 aliphatic carbocycles. The summed E-state index contributed by atoms with van der Waals surface area (Å²) >= 11 is 0. The SMILES string of the molecule is COC(=O)[C@H](C)OC(=O)[C@@H](C)O. The van der Waals surface area contributed by atoms with Crippen molar-refractivity contribution in [3.63, 3.8) is 0 Å². The van der Waals surface area contributed by atoms with Crippen LogP contribution in [0.15, 0.2) is 0 Å². The number of carbonyl (C=O) groups is 2. The number of rotatable bonds is 3. The van der Waals surface area contributed by atoms with Gasteiger partial charge in [0.1, 0.15) is 6.10 Å². The van der Waals surface area contributed by atoms with Gasteiger partial charge < -0.3 is 14.6 Å². The Kier molecular flexibility index (Phi) is 4.28. The zero-order valence-electron chi connectivity index (χ0n) is 7.23. The maximum absolute atomic E-state index is 10.7. The zero-order chi connectivity index (χ0) is 9.72. The number of carbonyl (C=O) groups excluding carboxylic acids is 2. The van der Waals surface area contributed by atoms with Crippen LogP contribution in [0.5, 0.6) is 0 Å². The second-order valence-electron chi connectivity index (χ2n) is 2.28. The predicted octanol–water partition coefficient (Wildman–Crippen LogP) is -0.528. The molecule has 0 bridgehead atoms. The highest BCUT2D eigenvalue weighted by atomic mass is 16.6. The van der Waals surface area contributed by atoms with Crippen LogP contribution in [0.25, 0.3) is 0 Å². The van der Waals surface area contributed by atoms with Crippen LogP contribution >= 0.6 is 0 Å². The molecule has 0 saturated heterocycles. The predicted molar refractivity (Wildman–Crippen MR) is 39.3 cm³/mol. The molecule has 0 aromatic heterocycles. The van der Waals surface area contributed by atoms with Gasteiger partial charge in [-0.1, -0.05) is 0 Å². The van der Waals surface area contributed by atoms with E-state index in [-0.39, 0.29) is 0 Å². The van der Waals surface area contributed by atoms with Crippen LogP contribution < -0.4 is 0 Å². The van der Waals surface area contributed by atoms with Crippen molar-refractivity contribution in [2.24, 2.45) is 0 Å². The Bertz CT molecular complexity index is 175. The molecule has 5 heteroatoms. The van der Waals surface area contributed by atoms with Crippen molar-refractivity contribution in [3.8, 4) is 0 Å². The van der Waals surface area contributed by atoms with E-state index in [0.717, 1.165) is 0 Å². The molecular formula is C7H12O5. The van der Waals surface area contributed by atoms with E-state index in [2.05, 4.69) is 9.47 Å². The van der Waals surface area contributed by atoms with Gasteiger partial charge in [0.15, 0.2) is 6.10 Å². The monoisotopic (exact) mass is 176 g/mol. The average Bonchev–Trinajstić information content (AvgIpc) is 2.02. The first-order valence-electron chi connectivity index (χ1n) is 3.45. The molecule has 2 atom stereocenters. The van der Waals surface area contributed by atoms with E-state index in [1.807, 2.05) is 0 Å². The molecule has 0 aromatic carbocycles. The summed E-state index contributed by atoms with van der Waals surface area (Å²) in [6.45, 7) is 2.62. The van der Waals surface area contributed by atoms with Crippen molar-refractivity contribution >= 4 is 11.9 Å². The number of methoxy groups -OCH3 is 1. The third kappa shape index (κ3) is 3.34. The van der Waals surface area contributed by atoms with Gasteiger partial charge in [0.05, 0.1) is 7.11 Å². The molecule has 0 rings (SSSR count). The smallest absolute Gasteiger partial charge is 0.346 e. The highest BCUT2D eigenvalue weighted by Gasteiger charge is 2.20. The number of ether oxygens (including phenoxy) is 2. The minimum Gasteiger partial charge on any atom is -0.466 e. The molecule has 1 N–H and O–H groups in total. The fraction of sp³-hybridized carbons (Fsp3) is 0.714. The topological polar surface area (TPSA) is 72.8 Å². The molecular weight excluding hydrogens is 164 g/mol. The van der Waals surface area contributed by atoms with Gasteiger partial charge in [0.25, 0.3) is 0 Å². The van der Waals surface area contributed by atoms with Crippen LogP contribution in [-0.2, 0) is 19.1 Å². The normalized spacial score (nSPS) is 14.7. The molecule has 0 aliphatic rings. The molecule has 0 spiro atoms. The molecule has 5 nitrogen and oxygen atoms in total. The van der Waals surface area contributed by atoms with Crippen molar-refractivity contribution < 1.29 is 24.2 Å². The number of hydrogen-bond donors (Lipinski definition) is 1. The zero-order valence-corrected chi connectivity index (χ0v) is 7.23. The lowest BCUT2D eigenvalue weighted by atomic mass is 10.4. The largest absolute Gasteiger partial charge is 0.466 e. The van der Waals surface area contributed by atoms with Gasteiger partial charge in [-0.15, -0.1) is 0 Å². The van der Waals surface area contributed by atoms with Gasteiger partial charge in [-0.2, -0.15) is 0 Å². The Morgan fingerprint density at radius 2 is 1.75 bits per heavy atom. The van der Waals surface area contributed by atoms with Crippen LogP contribution in [0.3, 0.4) is 0 Å². The summed E-state index contributed by atoms with van der Waals surface area (Å²) in [6.07, 6.45) is -2.20. The van der Waals surface area contributed by atoms with Crippen LogP contribution in [-0.4, -0.2) is 36.4 Å². The van der Waals surface area contributed by atoms with Crippen LogP contribution in [0, 0.1) is 0 Å². The molecule has 0 heterocycles. The Morgan fingerprint density at radius 3 is 2.08 bits per heavy atom. The number of aliphatic hydroxyl groups is 1. The van der Waals surface area contributed by atoms with E-state index in [0.29, 0.717) is 0 Å². The molecule has 0 aromatic rings. The van der Waals surface area contributed by atoms with Crippen molar-refractivity contribution in [3.05, 3.63) is 0 Å². The Morgan fingerprint density at radius 1 is 1.25 bits per heavy atom. The molecule has 0 fully saturated rings. The minimum absolute atomic E-state index is 0.649. The second kappa shape index (κ2) is 4.71. The standard InChI is InChI=1S/C7H12O5/c1-4(8)6(9)12-5(2)7(10)11-3/h4-5,8H,1-3H3/t4-,5+/m1/s1. The van der Waals surface area contributed by atoms with Gasteiger partial charge in [-0.3, -0.25) is 0 Å². The van der Waals surface area contributed by atoms with Gasteiger partial charge in [0.2, 0.25) is 0 Å². The van der Waals surface area contributed by atoms with Crippen molar-refractivity contribution in [1.29, 1.82) is 0 Å². The van der Waals surface area contributed by atoms with E-state index < -0.39 is 24.1 Å². The van der Waals surface area contributed by atoms with Gasteiger partial charge in [0, 0.05) is 0 Å². The number of aliphatic hydroxyl groups excluding tert-OH is 1. The van der Waals surface area contributed by atoms with Gasteiger partial charge in [-0.05, 0) is 13.8 Å². The quantitative estimate of drug-likeness (QED) is 0.585. The van der Waals surface area contributed by atoms with E-state index in [1.165, 1.54) is 21.0 Å². The molecule has 0 unspecified atom stereocenters. The molecule has 70 valence electrons. The first kappa shape index (κ1) is 10.9. The molecule has 12 heavy (non-hydrogen) atoms. The third-order valence-corrected chi connectivity index (χ3v) is 1.17. The summed E-state index contributed by atoms with van der Waals surface area (Å²) in [6, 6.07) is 0. The van der Waals surface area contributed by atoms with E-state index >= 15 is 0 Å². The summed E-state index contributed by atoms with van der Waals surface area (Å²) in [5.41, 5.74) is 0. The molecule has 0 radical (unpaired) electrons. The molecule has 0 saturated carbocycles. The lowest BCUT2D eigenvalue weighted by Gasteiger charge is -2.11. The van der Waals surface area contributed by atoms with Gasteiger partial charge in [-0.25, -0.2) is 9.59 Å². The fourth-order valence-corrected chi connectivity index (χ4v) is 0.487. The van der Waals surface area contributed by atoms with Crippen molar-refractivity contribution in [1.82, 2.24) is 0 Å². The summed E-state index contributed by atoms with van der Waals surface area (Å²) in [5.74, 6) is -1.49. The summed E-state index contributed by atoms with van der Waals surface area (Å²) in [4.78, 5) is 21.4. The Hall–Kier alpha value is -1.10.